The van der Waals surface area contributed by atoms with Crippen molar-refractivity contribution >= 4 is 46.5 Å². The molecule has 0 unspecified atom stereocenters. The van der Waals surface area contributed by atoms with Crippen LogP contribution in [0.2, 0.25) is 15.1 Å². The van der Waals surface area contributed by atoms with Crippen molar-refractivity contribution in [2.45, 2.75) is 31.1 Å². The Labute approximate surface area is 227 Å². The van der Waals surface area contributed by atoms with E-state index in [9.17, 15) is 4.79 Å². The minimum atomic E-state index is -0.260. The Morgan fingerprint density at radius 3 is 2.19 bits per heavy atom. The number of halogens is 3. The van der Waals surface area contributed by atoms with Crippen LogP contribution in [0.5, 0.6) is 0 Å². The molecule has 1 saturated heterocycles. The van der Waals surface area contributed by atoms with E-state index in [1.165, 1.54) is 24.9 Å². The van der Waals surface area contributed by atoms with Crippen molar-refractivity contribution in [3.63, 3.8) is 0 Å². The summed E-state index contributed by atoms with van der Waals surface area (Å²) in [6.45, 7) is 3.84. The summed E-state index contributed by atoms with van der Waals surface area (Å²) >= 11 is 18.4. The van der Waals surface area contributed by atoms with Crippen molar-refractivity contribution in [1.82, 2.24) is 10.2 Å². The number of urea groups is 1. The fourth-order valence-electron chi connectivity index (χ4n) is 5.13. The Morgan fingerprint density at radius 2 is 1.56 bits per heavy atom. The highest BCUT2D eigenvalue weighted by Gasteiger charge is 2.38. The number of rotatable bonds is 7. The number of carbonyl (C=O) groups excluding carboxylic acids is 1. The second-order valence-corrected chi connectivity index (χ2v) is 11.4. The van der Waals surface area contributed by atoms with Gasteiger partial charge in [-0.2, -0.15) is 0 Å². The van der Waals surface area contributed by atoms with Crippen molar-refractivity contribution in [3.8, 4) is 11.1 Å². The van der Waals surface area contributed by atoms with Crippen LogP contribution in [0.25, 0.3) is 11.1 Å². The molecule has 7 heteroatoms. The van der Waals surface area contributed by atoms with Gasteiger partial charge in [-0.1, -0.05) is 71.2 Å². The number of hydrogen-bond acceptors (Lipinski definition) is 2. The molecule has 1 aliphatic heterocycles. The standard InChI is InChI=1S/C29H30Cl3N3O/c30-24-3-1-2-22(14-24)21-6-8-23(9-7-21)29(10-12-35(13-11-29)18-20-4-5-20)19-33-28(36)34-27-16-25(31)15-26(32)17-27/h1-3,6-9,14-17,20H,4-5,10-13,18-19H2,(H2,33,34,36). The normalized spacial score (nSPS) is 17.5. The van der Waals surface area contributed by atoms with Gasteiger partial charge in [0.15, 0.2) is 0 Å². The van der Waals surface area contributed by atoms with Crippen LogP contribution >= 0.6 is 34.8 Å². The number of likely N-dealkylation sites (tertiary alicyclic amines) is 1. The summed E-state index contributed by atoms with van der Waals surface area (Å²) in [5.41, 5.74) is 3.93. The molecule has 2 N–H and O–H groups in total. The first-order valence-corrected chi connectivity index (χ1v) is 13.6. The van der Waals surface area contributed by atoms with E-state index < -0.39 is 0 Å². The maximum atomic E-state index is 12.8. The van der Waals surface area contributed by atoms with E-state index in [0.29, 0.717) is 22.3 Å². The molecule has 1 saturated carbocycles. The molecule has 1 heterocycles. The Bertz CT molecular complexity index is 1200. The number of carbonyl (C=O) groups is 1. The largest absolute Gasteiger partial charge is 0.337 e. The lowest BCUT2D eigenvalue weighted by Gasteiger charge is -2.42. The van der Waals surface area contributed by atoms with Gasteiger partial charge >= 0.3 is 6.03 Å². The van der Waals surface area contributed by atoms with Crippen molar-refractivity contribution in [2.75, 3.05) is 31.5 Å². The van der Waals surface area contributed by atoms with Gasteiger partial charge in [0.1, 0.15) is 0 Å². The molecule has 0 spiro atoms. The van der Waals surface area contributed by atoms with Crippen LogP contribution in [0.15, 0.2) is 66.7 Å². The number of piperidine rings is 1. The molecule has 0 aromatic heterocycles. The lowest BCUT2D eigenvalue weighted by molar-refractivity contribution is 0.152. The summed E-state index contributed by atoms with van der Waals surface area (Å²) in [6, 6.07) is 21.4. The Balaban J connectivity index is 1.32. The van der Waals surface area contributed by atoms with Gasteiger partial charge < -0.3 is 15.5 Å². The topological polar surface area (TPSA) is 44.4 Å². The zero-order valence-corrected chi connectivity index (χ0v) is 22.3. The van der Waals surface area contributed by atoms with Crippen LogP contribution < -0.4 is 10.6 Å². The number of nitrogens with zero attached hydrogens (tertiary/aromatic N) is 1. The summed E-state index contributed by atoms with van der Waals surface area (Å²) in [5.74, 6) is 0.878. The zero-order chi connectivity index (χ0) is 25.1. The van der Waals surface area contributed by atoms with E-state index in [1.54, 1.807) is 18.2 Å². The van der Waals surface area contributed by atoms with Crippen LogP contribution in [0.1, 0.15) is 31.2 Å². The molecule has 188 valence electrons. The molecular weight excluding hydrogens is 513 g/mol. The third-order valence-corrected chi connectivity index (χ3v) is 8.06. The van der Waals surface area contributed by atoms with Crippen LogP contribution in [0.4, 0.5) is 10.5 Å². The first-order valence-electron chi connectivity index (χ1n) is 12.5. The fourth-order valence-corrected chi connectivity index (χ4v) is 5.85. The molecule has 3 aromatic rings. The number of amides is 2. The second-order valence-electron chi connectivity index (χ2n) is 10.1. The van der Waals surface area contributed by atoms with Gasteiger partial charge in [-0.3, -0.25) is 0 Å². The highest BCUT2D eigenvalue weighted by Crippen LogP contribution is 2.38. The first kappa shape index (κ1) is 25.4. The molecule has 0 bridgehead atoms. The molecule has 36 heavy (non-hydrogen) atoms. The SMILES string of the molecule is O=C(NCC1(c2ccc(-c3cccc(Cl)c3)cc2)CCN(CC2CC2)CC1)Nc1cc(Cl)cc(Cl)c1. The number of anilines is 1. The van der Waals surface area contributed by atoms with Gasteiger partial charge in [0.05, 0.1) is 0 Å². The summed E-state index contributed by atoms with van der Waals surface area (Å²) in [7, 11) is 0. The van der Waals surface area contributed by atoms with Crippen LogP contribution in [0.3, 0.4) is 0 Å². The zero-order valence-electron chi connectivity index (χ0n) is 20.1. The lowest BCUT2D eigenvalue weighted by atomic mass is 9.72. The predicted molar refractivity (Wildman–Crippen MR) is 150 cm³/mol. The molecule has 1 aliphatic carbocycles. The van der Waals surface area contributed by atoms with Gasteiger partial charge in [0, 0.05) is 39.3 Å². The van der Waals surface area contributed by atoms with Gasteiger partial charge in [0.2, 0.25) is 0 Å². The van der Waals surface area contributed by atoms with Crippen molar-refractivity contribution < 1.29 is 4.79 Å². The summed E-state index contributed by atoms with van der Waals surface area (Å²) in [4.78, 5) is 15.4. The summed E-state index contributed by atoms with van der Waals surface area (Å²) in [5, 5.41) is 7.69. The van der Waals surface area contributed by atoms with Crippen LogP contribution in [-0.4, -0.2) is 37.1 Å². The maximum absolute atomic E-state index is 12.8. The van der Waals surface area contributed by atoms with E-state index in [-0.39, 0.29) is 11.4 Å². The average molecular weight is 543 g/mol. The monoisotopic (exact) mass is 541 g/mol. The minimum Gasteiger partial charge on any atom is -0.337 e. The van der Waals surface area contributed by atoms with E-state index in [4.69, 9.17) is 34.8 Å². The summed E-state index contributed by atoms with van der Waals surface area (Å²) < 4.78 is 0. The number of nitrogens with one attached hydrogen (secondary N) is 2. The second kappa shape index (κ2) is 11.0. The van der Waals surface area contributed by atoms with Gasteiger partial charge in [-0.15, -0.1) is 0 Å². The van der Waals surface area contributed by atoms with E-state index in [0.717, 1.165) is 48.0 Å². The van der Waals surface area contributed by atoms with Gasteiger partial charge in [-0.05, 0) is 91.7 Å². The highest BCUT2D eigenvalue weighted by molar-refractivity contribution is 6.35. The Hall–Kier alpha value is -2.24. The first-order chi connectivity index (χ1) is 17.4. The predicted octanol–water partition coefficient (Wildman–Crippen LogP) is 7.88. The third-order valence-electron chi connectivity index (χ3n) is 7.39. The van der Waals surface area contributed by atoms with Crippen molar-refractivity contribution in [3.05, 3.63) is 87.4 Å². The lowest BCUT2D eigenvalue weighted by Crippen LogP contribution is -2.50. The molecule has 4 nitrogen and oxygen atoms in total. The van der Waals surface area contributed by atoms with E-state index in [2.05, 4.69) is 45.9 Å². The smallest absolute Gasteiger partial charge is 0.319 e. The quantitative estimate of drug-likeness (QED) is 0.319. The molecule has 0 radical (unpaired) electrons. The van der Waals surface area contributed by atoms with Crippen LogP contribution in [0, 0.1) is 5.92 Å². The molecule has 2 amide bonds. The molecule has 2 aliphatic rings. The van der Waals surface area contributed by atoms with Crippen molar-refractivity contribution in [1.29, 1.82) is 0 Å². The molecular formula is C29H30Cl3N3O. The maximum Gasteiger partial charge on any atom is 0.319 e. The summed E-state index contributed by atoms with van der Waals surface area (Å²) in [6.07, 6.45) is 4.72. The van der Waals surface area contributed by atoms with Gasteiger partial charge in [-0.25, -0.2) is 4.79 Å². The third kappa shape index (κ3) is 6.36. The van der Waals surface area contributed by atoms with E-state index in [1.807, 2.05) is 18.2 Å². The average Bonchev–Trinajstić information content (AvgIpc) is 3.67. The Kier molecular flexibility index (Phi) is 7.78. The Morgan fingerprint density at radius 1 is 0.861 bits per heavy atom. The minimum absolute atomic E-state index is 0.129. The van der Waals surface area contributed by atoms with E-state index >= 15 is 0 Å². The molecule has 0 atom stereocenters. The fraction of sp³-hybridized carbons (Fsp3) is 0.345. The van der Waals surface area contributed by atoms with Crippen LogP contribution in [-0.2, 0) is 5.41 Å². The molecule has 2 fully saturated rings. The number of benzene rings is 3. The molecule has 3 aromatic carbocycles. The number of hydrogen-bond donors (Lipinski definition) is 2. The van der Waals surface area contributed by atoms with Gasteiger partial charge in [0.25, 0.3) is 0 Å². The molecule has 5 rings (SSSR count). The van der Waals surface area contributed by atoms with Crippen molar-refractivity contribution in [2.24, 2.45) is 5.92 Å². The highest BCUT2D eigenvalue weighted by atomic mass is 35.5.